The number of thiazole rings is 1. The van der Waals surface area contributed by atoms with Crippen LogP contribution in [-0.4, -0.2) is 108 Å². The number of carboxylic acids is 1. The summed E-state index contributed by atoms with van der Waals surface area (Å²) < 4.78 is 8.37. The molecule has 6 aromatic rings. The topological polar surface area (TPSA) is 204 Å². The van der Waals surface area contributed by atoms with Crippen molar-refractivity contribution < 1.29 is 34.1 Å². The van der Waals surface area contributed by atoms with Crippen LogP contribution in [0.3, 0.4) is 0 Å². The van der Waals surface area contributed by atoms with Crippen LogP contribution >= 0.6 is 22.7 Å². The number of aromatic nitrogens is 4. The Bertz CT molecular complexity index is 3020. The van der Waals surface area contributed by atoms with Crippen LogP contribution in [0.15, 0.2) is 83.3 Å². The highest BCUT2D eigenvalue weighted by Crippen LogP contribution is 2.40. The van der Waals surface area contributed by atoms with E-state index in [0.717, 1.165) is 85.6 Å². The maximum Gasteiger partial charge on any atom is 0.306 e. The number of thiophene rings is 1. The second kappa shape index (κ2) is 20.4. The number of aliphatic hydroxyl groups is 1. The SMILES string of the molecule is Cc1ncsc1-c1ccc(C(C)NC(=O)[C@@H]2C[C@@H](O)CN2C(=O)C(NC(=O)c2ccc(OC3CCN(c4ccc(C5=N[C@@H](CC(=O)O)c6nnc(C)n6-c6sc(C)c(C)c65)cc4)CC3)cc2)C(C)(C)C)cc1. The Hall–Kier alpha value is -6.76. The molecule has 0 spiro atoms. The number of carbonyl (C=O) groups excluding carboxylic acids is 3. The molecular weight excluding hydrogens is 951 g/mol. The van der Waals surface area contributed by atoms with Crippen LogP contribution in [0, 0.1) is 33.1 Å². The minimum atomic E-state index is -0.986. The number of hydrogen-bond donors (Lipinski definition) is 4. The number of nitrogens with one attached hydrogen (secondary N) is 2. The number of carbonyl (C=O) groups is 4. The van der Waals surface area contributed by atoms with Gasteiger partial charge in [-0.15, -0.1) is 32.9 Å². The summed E-state index contributed by atoms with van der Waals surface area (Å²) in [5.74, 6) is -0.348. The molecular formula is C54H61N9O7S2. The van der Waals surface area contributed by atoms with E-state index in [1.807, 2.05) is 75.9 Å². The van der Waals surface area contributed by atoms with Crippen molar-refractivity contribution in [2.75, 3.05) is 24.5 Å². The summed E-state index contributed by atoms with van der Waals surface area (Å²) in [7, 11) is 0. The number of nitrogens with zero attached hydrogens (tertiary/aromatic N) is 7. The summed E-state index contributed by atoms with van der Waals surface area (Å²) in [4.78, 5) is 69.3. The third-order valence-corrected chi connectivity index (χ3v) is 16.2. The van der Waals surface area contributed by atoms with Gasteiger partial charge in [0.1, 0.15) is 40.8 Å². The van der Waals surface area contributed by atoms with Gasteiger partial charge in [0, 0.05) is 66.2 Å². The van der Waals surface area contributed by atoms with E-state index in [4.69, 9.17) is 9.73 Å². The number of ether oxygens (including phenoxy) is 1. The van der Waals surface area contributed by atoms with E-state index in [1.54, 1.807) is 46.9 Å². The van der Waals surface area contributed by atoms with Crippen molar-refractivity contribution >= 4 is 57.8 Å². The number of aryl methyl sites for hydroxylation is 3. The van der Waals surface area contributed by atoms with Crippen LogP contribution in [-0.2, 0) is 14.4 Å². The monoisotopic (exact) mass is 1010 g/mol. The highest BCUT2D eigenvalue weighted by atomic mass is 32.1. The number of benzene rings is 3. The number of hydrogen-bond acceptors (Lipinski definition) is 13. The van der Waals surface area contributed by atoms with E-state index in [2.05, 4.69) is 68.8 Å². The molecule has 18 heteroatoms. The number of β-amino-alcohol motifs (C(OH)–C–C–N with tert-alkyl or cyclic N) is 1. The van der Waals surface area contributed by atoms with E-state index in [9.17, 15) is 29.4 Å². The Morgan fingerprint density at radius 3 is 2.21 bits per heavy atom. The molecule has 72 heavy (non-hydrogen) atoms. The second-order valence-electron chi connectivity index (χ2n) is 20.2. The summed E-state index contributed by atoms with van der Waals surface area (Å²) in [6.07, 6.45) is 0.522. The second-order valence-corrected chi connectivity index (χ2v) is 22.2. The fourth-order valence-corrected chi connectivity index (χ4v) is 11.9. The Balaban J connectivity index is 0.799. The molecule has 3 aliphatic heterocycles. The van der Waals surface area contributed by atoms with E-state index in [1.165, 1.54) is 4.90 Å². The Morgan fingerprint density at radius 2 is 1.57 bits per heavy atom. The van der Waals surface area contributed by atoms with Gasteiger partial charge in [0.25, 0.3) is 5.91 Å². The minimum absolute atomic E-state index is 0.0231. The molecule has 2 fully saturated rings. The number of aliphatic imine (C=N–C) groups is 1. The highest BCUT2D eigenvalue weighted by molar-refractivity contribution is 7.15. The Kier molecular flexibility index (Phi) is 14.2. The van der Waals surface area contributed by atoms with Gasteiger partial charge < -0.3 is 35.4 Å². The predicted octanol–water partition coefficient (Wildman–Crippen LogP) is 8.08. The maximum absolute atomic E-state index is 14.3. The number of fused-ring (bicyclic) bond motifs is 3. The van der Waals surface area contributed by atoms with Crippen molar-refractivity contribution in [1.82, 2.24) is 35.3 Å². The first-order valence-corrected chi connectivity index (χ1v) is 26.1. The van der Waals surface area contributed by atoms with E-state index in [0.29, 0.717) is 23.0 Å². The van der Waals surface area contributed by atoms with Gasteiger partial charge in [-0.25, -0.2) is 4.98 Å². The number of carboxylic acid groups (broad SMARTS) is 1. The van der Waals surface area contributed by atoms with Crippen LogP contribution in [0.5, 0.6) is 5.75 Å². The third kappa shape index (κ3) is 10.3. The molecule has 0 radical (unpaired) electrons. The molecule has 0 aliphatic carbocycles. The van der Waals surface area contributed by atoms with Gasteiger partial charge >= 0.3 is 5.97 Å². The lowest BCUT2D eigenvalue weighted by Gasteiger charge is -2.35. The predicted molar refractivity (Wildman–Crippen MR) is 279 cm³/mol. The lowest BCUT2D eigenvalue weighted by molar-refractivity contribution is -0.142. The number of anilines is 1. The molecule has 2 saturated heterocycles. The van der Waals surface area contributed by atoms with Crippen molar-refractivity contribution in [3.8, 4) is 21.2 Å². The Labute approximate surface area is 427 Å². The van der Waals surface area contributed by atoms with E-state index < -0.39 is 47.4 Å². The number of amides is 3. The third-order valence-electron chi connectivity index (χ3n) is 14.0. The molecule has 2 unspecified atom stereocenters. The highest BCUT2D eigenvalue weighted by Gasteiger charge is 2.45. The van der Waals surface area contributed by atoms with Crippen molar-refractivity contribution in [3.63, 3.8) is 0 Å². The van der Waals surface area contributed by atoms with Crippen LogP contribution in [0.4, 0.5) is 5.69 Å². The summed E-state index contributed by atoms with van der Waals surface area (Å²) in [6.45, 7) is 17.0. The number of aliphatic carboxylic acids is 1. The minimum Gasteiger partial charge on any atom is -0.490 e. The Morgan fingerprint density at radius 1 is 0.889 bits per heavy atom. The van der Waals surface area contributed by atoms with Crippen molar-refractivity contribution in [1.29, 1.82) is 0 Å². The molecule has 3 aromatic heterocycles. The van der Waals surface area contributed by atoms with Crippen LogP contribution < -0.4 is 20.3 Å². The normalized spacial score (nSPS) is 18.9. The van der Waals surface area contributed by atoms with Gasteiger partial charge in [-0.2, -0.15) is 0 Å². The molecule has 4 N–H and O–H groups in total. The number of aliphatic hydroxyl groups excluding tert-OH is 1. The fourth-order valence-electron chi connectivity index (χ4n) is 9.86. The van der Waals surface area contributed by atoms with Gasteiger partial charge in [-0.1, -0.05) is 57.2 Å². The van der Waals surface area contributed by atoms with Crippen LogP contribution in [0.1, 0.15) is 120 Å². The quantitative estimate of drug-likeness (QED) is 0.0871. The standard InChI is InChI=1S/C54H61N9O7S2/c1-29-32(4)72-53-45(29)46(57-42(26-44(65)66)49-60-59-33(5)63(49)53)35-13-17-38(18-14-35)61-23-21-41(22-24-61)70-40-19-15-37(16-20-40)50(67)58-48(54(6,7)8)52(69)62-27-39(64)25-43(62)51(68)56-30(2)34-9-11-36(12-10-34)47-31(3)55-28-71-47/h9-20,28,30,39,41-43,48,64H,21-27H2,1-8H3,(H,56,68)(H,58,67)(H,65,66)/t30?,39-,42+,43+,48?/m1/s1. The van der Waals surface area contributed by atoms with E-state index in [-0.39, 0.29) is 37.4 Å². The zero-order valence-corrected chi connectivity index (χ0v) is 43.4. The van der Waals surface area contributed by atoms with Crippen molar-refractivity contribution in [3.05, 3.63) is 128 Å². The summed E-state index contributed by atoms with van der Waals surface area (Å²) in [6, 6.07) is 20.2. The molecule has 376 valence electrons. The molecule has 5 atom stereocenters. The van der Waals surface area contributed by atoms with Gasteiger partial charge in [-0.3, -0.25) is 28.7 Å². The summed E-state index contributed by atoms with van der Waals surface area (Å²) in [5.41, 5.74) is 9.14. The number of rotatable bonds is 13. The van der Waals surface area contributed by atoms with Gasteiger partial charge in [-0.05, 0) is 93.1 Å². The molecule has 3 amide bonds. The molecule has 9 rings (SSSR count). The summed E-state index contributed by atoms with van der Waals surface area (Å²) >= 11 is 3.21. The van der Waals surface area contributed by atoms with Gasteiger partial charge in [0.2, 0.25) is 11.8 Å². The number of likely N-dealkylation sites (tertiary alicyclic amines) is 1. The summed E-state index contributed by atoms with van der Waals surface area (Å²) in [5, 5.41) is 36.2. The molecule has 0 saturated carbocycles. The molecule has 6 heterocycles. The molecule has 16 nitrogen and oxygen atoms in total. The smallest absolute Gasteiger partial charge is 0.306 e. The first-order valence-electron chi connectivity index (χ1n) is 24.4. The zero-order valence-electron chi connectivity index (χ0n) is 41.8. The zero-order chi connectivity index (χ0) is 51.2. The first-order chi connectivity index (χ1) is 34.3. The lowest BCUT2D eigenvalue weighted by atomic mass is 9.85. The van der Waals surface area contributed by atoms with Crippen LogP contribution in [0.2, 0.25) is 0 Å². The molecule has 0 bridgehead atoms. The van der Waals surface area contributed by atoms with Gasteiger partial charge in [0.05, 0.1) is 40.4 Å². The fraction of sp³-hybridized carbons (Fsp3) is 0.407. The first kappa shape index (κ1) is 50.2. The van der Waals surface area contributed by atoms with Crippen LogP contribution in [0.25, 0.3) is 15.4 Å². The average molecular weight is 1010 g/mol. The van der Waals surface area contributed by atoms with E-state index >= 15 is 0 Å². The molecule has 3 aromatic carbocycles. The van der Waals surface area contributed by atoms with Crippen molar-refractivity contribution in [2.24, 2.45) is 10.4 Å². The number of piperidine rings is 1. The van der Waals surface area contributed by atoms with Gasteiger partial charge in [0.15, 0.2) is 5.82 Å². The maximum atomic E-state index is 14.3. The largest absolute Gasteiger partial charge is 0.490 e. The lowest BCUT2D eigenvalue weighted by Crippen LogP contribution is -2.57. The average Bonchev–Trinajstić information content (AvgIpc) is 4.12. The van der Waals surface area contributed by atoms with Crippen molar-refractivity contribution in [2.45, 2.75) is 117 Å². The molecule has 3 aliphatic rings.